The second-order valence-corrected chi connectivity index (χ2v) is 14.6. The summed E-state index contributed by atoms with van der Waals surface area (Å²) in [5.41, 5.74) is 12.3. The number of rotatable bonds is 8. The van der Waals surface area contributed by atoms with Gasteiger partial charge in [0.05, 0.1) is 18.3 Å². The average molecular weight is 639 g/mol. The number of likely N-dealkylation sites (tertiary alicyclic amines) is 1. The summed E-state index contributed by atoms with van der Waals surface area (Å²) in [6, 6.07) is 12.0. The molecule has 1 unspecified atom stereocenters. The van der Waals surface area contributed by atoms with Gasteiger partial charge in [-0.3, -0.25) is 4.90 Å². The molecule has 1 atom stereocenters. The molecule has 2 saturated heterocycles. The van der Waals surface area contributed by atoms with Gasteiger partial charge in [0.25, 0.3) is 0 Å². The van der Waals surface area contributed by atoms with E-state index in [0.29, 0.717) is 28.9 Å². The van der Waals surface area contributed by atoms with Gasteiger partial charge in [0.1, 0.15) is 17.5 Å². The number of nitrogen functional groups attached to an aromatic ring is 1. The zero-order valence-electron chi connectivity index (χ0n) is 27.7. The minimum absolute atomic E-state index is 0.113. The Kier molecular flexibility index (Phi) is 8.30. The topological polar surface area (TPSA) is 136 Å². The molecule has 4 heterocycles. The van der Waals surface area contributed by atoms with Crippen molar-refractivity contribution < 1.29 is 14.3 Å². The first-order valence-electron chi connectivity index (χ1n) is 16.9. The molecule has 0 radical (unpaired) electrons. The molecule has 1 aliphatic carbocycles. The number of hydrogen-bond donors (Lipinski definition) is 3. The van der Waals surface area contributed by atoms with Crippen molar-refractivity contribution in [2.24, 2.45) is 5.41 Å². The van der Waals surface area contributed by atoms with E-state index in [9.17, 15) is 4.79 Å². The summed E-state index contributed by atoms with van der Waals surface area (Å²) in [7, 11) is 0. The number of nitrogens with two attached hydrogens (primary N) is 1. The second-order valence-electron chi connectivity index (χ2n) is 14.6. The van der Waals surface area contributed by atoms with Crippen LogP contribution in [0.1, 0.15) is 82.5 Å². The molecule has 3 aliphatic rings. The Morgan fingerprint density at radius 1 is 1.15 bits per heavy atom. The summed E-state index contributed by atoms with van der Waals surface area (Å²) < 4.78 is 15.3. The van der Waals surface area contributed by atoms with Gasteiger partial charge in [-0.2, -0.15) is 0 Å². The van der Waals surface area contributed by atoms with Gasteiger partial charge in [-0.1, -0.05) is 23.8 Å². The highest BCUT2D eigenvalue weighted by Crippen LogP contribution is 2.48. The Morgan fingerprint density at radius 3 is 2.70 bits per heavy atom. The van der Waals surface area contributed by atoms with Crippen molar-refractivity contribution in [1.29, 1.82) is 5.41 Å². The number of aromatic nitrogens is 4. The first-order chi connectivity index (χ1) is 22.6. The lowest BCUT2D eigenvalue weighted by molar-refractivity contribution is 0.0343. The van der Waals surface area contributed by atoms with E-state index in [2.05, 4.69) is 44.8 Å². The van der Waals surface area contributed by atoms with Crippen LogP contribution < -0.4 is 11.1 Å². The zero-order valence-corrected chi connectivity index (χ0v) is 27.7. The first-order valence-corrected chi connectivity index (χ1v) is 16.9. The molecule has 2 aromatic heterocycles. The third-order valence-electron chi connectivity index (χ3n) is 9.84. The third kappa shape index (κ3) is 6.64. The summed E-state index contributed by atoms with van der Waals surface area (Å²) in [6.45, 7) is 9.76. The standard InChI is InChI=1S/C36H46N8O3/c1-35(2,3)47-34(45)44-27(21-42-13-12-36(23-42)10-6-11-36)16-25-9-8-24(15-32(25)44)20-43-22-31(40-41-43)28-17-26(38)18-30(29(28)19-37)39-33-7-4-5-14-46-33/h8-9,15-19,22,33,37,39H,4-7,10-14,20-21,23,38H2,1-3H3. The maximum atomic E-state index is 13.6. The maximum absolute atomic E-state index is 13.6. The van der Waals surface area contributed by atoms with E-state index in [1.54, 1.807) is 9.25 Å². The predicted octanol–water partition coefficient (Wildman–Crippen LogP) is 6.63. The maximum Gasteiger partial charge on any atom is 0.419 e. The Morgan fingerprint density at radius 2 is 2.00 bits per heavy atom. The van der Waals surface area contributed by atoms with Gasteiger partial charge >= 0.3 is 6.09 Å². The van der Waals surface area contributed by atoms with Gasteiger partial charge in [-0.15, -0.1) is 5.10 Å². The molecule has 1 saturated carbocycles. The Bertz CT molecular complexity index is 1790. The zero-order chi connectivity index (χ0) is 32.8. The molecule has 0 bridgehead atoms. The highest BCUT2D eigenvalue weighted by atomic mass is 16.6. The lowest BCUT2D eigenvalue weighted by Gasteiger charge is -2.38. The number of carbonyl (C=O) groups excluding carboxylic acids is 1. The fourth-order valence-electron chi connectivity index (χ4n) is 7.39. The molecule has 11 nitrogen and oxygen atoms in total. The molecule has 1 spiro atoms. The van der Waals surface area contributed by atoms with Crippen LogP contribution in [0.4, 0.5) is 16.2 Å². The van der Waals surface area contributed by atoms with Gasteiger partial charge in [0.15, 0.2) is 0 Å². The summed E-state index contributed by atoms with van der Waals surface area (Å²) in [4.78, 5) is 16.1. The summed E-state index contributed by atoms with van der Waals surface area (Å²) >= 11 is 0. The second kappa shape index (κ2) is 12.4. The van der Waals surface area contributed by atoms with Gasteiger partial charge < -0.3 is 25.9 Å². The van der Waals surface area contributed by atoms with Crippen molar-refractivity contribution in [2.75, 3.05) is 30.7 Å². The van der Waals surface area contributed by atoms with Crippen LogP contribution in [0.2, 0.25) is 0 Å². The monoisotopic (exact) mass is 638 g/mol. The molecule has 7 rings (SSSR count). The van der Waals surface area contributed by atoms with Crippen LogP contribution in [0, 0.1) is 10.8 Å². The molecule has 47 heavy (non-hydrogen) atoms. The van der Waals surface area contributed by atoms with Gasteiger partial charge in [0, 0.05) is 59.5 Å². The number of hydrogen-bond acceptors (Lipinski definition) is 9. The number of anilines is 2. The van der Waals surface area contributed by atoms with Gasteiger partial charge in [0.2, 0.25) is 0 Å². The minimum atomic E-state index is -0.613. The number of ether oxygens (including phenoxy) is 2. The Labute approximate surface area is 275 Å². The number of nitrogens with one attached hydrogen (secondary N) is 2. The van der Waals surface area contributed by atoms with Crippen LogP contribution in [0.15, 0.2) is 42.6 Å². The van der Waals surface area contributed by atoms with E-state index in [-0.39, 0.29) is 12.3 Å². The number of carbonyl (C=O) groups is 1. The van der Waals surface area contributed by atoms with Crippen LogP contribution >= 0.6 is 0 Å². The van der Waals surface area contributed by atoms with Gasteiger partial charge in [-0.05, 0) is 101 Å². The average Bonchev–Trinajstić information content (AvgIpc) is 3.74. The van der Waals surface area contributed by atoms with Crippen molar-refractivity contribution in [3.05, 3.63) is 59.4 Å². The number of nitrogens with zero attached hydrogens (tertiary/aromatic N) is 5. The van der Waals surface area contributed by atoms with E-state index in [1.807, 2.05) is 39.1 Å². The van der Waals surface area contributed by atoms with Crippen molar-refractivity contribution in [1.82, 2.24) is 24.5 Å². The molecule has 0 amide bonds. The van der Waals surface area contributed by atoms with Crippen LogP contribution in [-0.4, -0.2) is 68.3 Å². The van der Waals surface area contributed by atoms with Crippen LogP contribution in [-0.2, 0) is 22.6 Å². The number of fused-ring (bicyclic) bond motifs is 1. The third-order valence-corrected chi connectivity index (χ3v) is 9.84. The Hall–Kier alpha value is -4.22. The molecule has 4 aromatic rings. The summed E-state index contributed by atoms with van der Waals surface area (Å²) in [6.07, 6.45) is 11.0. The molecule has 2 aliphatic heterocycles. The van der Waals surface area contributed by atoms with Crippen molar-refractivity contribution >= 4 is 34.6 Å². The summed E-state index contributed by atoms with van der Waals surface area (Å²) in [5, 5.41) is 21.5. The fourth-order valence-corrected chi connectivity index (χ4v) is 7.39. The fraction of sp³-hybridized carbons (Fsp3) is 0.500. The first kappa shape index (κ1) is 31.4. The van der Waals surface area contributed by atoms with Gasteiger partial charge in [-0.25, -0.2) is 14.0 Å². The van der Waals surface area contributed by atoms with Crippen molar-refractivity contribution in [3.8, 4) is 11.3 Å². The molecule has 4 N–H and O–H groups in total. The summed E-state index contributed by atoms with van der Waals surface area (Å²) in [5.74, 6) is 0. The number of benzene rings is 2. The van der Waals surface area contributed by atoms with Crippen molar-refractivity contribution in [2.45, 2.75) is 90.6 Å². The van der Waals surface area contributed by atoms with Crippen molar-refractivity contribution in [3.63, 3.8) is 0 Å². The van der Waals surface area contributed by atoms with Crippen LogP contribution in [0.5, 0.6) is 0 Å². The molecule has 2 aromatic carbocycles. The largest absolute Gasteiger partial charge is 0.443 e. The van der Waals surface area contributed by atoms with Crippen LogP contribution in [0.3, 0.4) is 0 Å². The van der Waals surface area contributed by atoms with E-state index in [0.717, 1.165) is 78.9 Å². The predicted molar refractivity (Wildman–Crippen MR) is 184 cm³/mol. The lowest BCUT2D eigenvalue weighted by Crippen LogP contribution is -2.33. The van der Waals surface area contributed by atoms with E-state index in [4.69, 9.17) is 20.6 Å². The van der Waals surface area contributed by atoms with Crippen LogP contribution in [0.25, 0.3) is 22.2 Å². The molecular formula is C36H46N8O3. The quantitative estimate of drug-likeness (QED) is 0.145. The highest BCUT2D eigenvalue weighted by molar-refractivity contribution is 5.96. The molecule has 248 valence electrons. The Balaban J connectivity index is 1.16. The highest BCUT2D eigenvalue weighted by Gasteiger charge is 2.42. The lowest BCUT2D eigenvalue weighted by atomic mass is 9.68. The smallest absolute Gasteiger partial charge is 0.419 e. The molecule has 11 heteroatoms. The normalized spacial score (nSPS) is 19.6. The van der Waals surface area contributed by atoms with E-state index >= 15 is 0 Å². The van der Waals surface area contributed by atoms with E-state index < -0.39 is 5.60 Å². The minimum Gasteiger partial charge on any atom is -0.443 e. The molecular weight excluding hydrogens is 592 g/mol. The SMILES string of the molecule is CC(C)(C)OC(=O)n1c(CN2CCC3(CCC3)C2)cc2ccc(Cn3cc(-c4cc(N)cc(NC5CCCCO5)c4C=N)nn3)cc21. The van der Waals surface area contributed by atoms with E-state index in [1.165, 1.54) is 31.9 Å². The molecule has 3 fully saturated rings.